The second-order valence-corrected chi connectivity index (χ2v) is 5.79. The highest BCUT2D eigenvalue weighted by molar-refractivity contribution is 5.82. The predicted molar refractivity (Wildman–Crippen MR) is 80.1 cm³/mol. The summed E-state index contributed by atoms with van der Waals surface area (Å²) >= 11 is 0. The maximum atomic E-state index is 13.7. The van der Waals surface area contributed by atoms with Gasteiger partial charge < -0.3 is 4.90 Å². The minimum atomic E-state index is -0.311. The van der Waals surface area contributed by atoms with Gasteiger partial charge in [-0.25, -0.2) is 8.78 Å². The third kappa shape index (κ3) is 3.01. The molecule has 0 aliphatic heterocycles. The Hall–Kier alpha value is -2.23. The van der Waals surface area contributed by atoms with Crippen LogP contribution in [0, 0.1) is 17.6 Å². The Bertz CT molecular complexity index is 701. The Kier molecular flexibility index (Phi) is 3.92. The molecule has 2 aromatic carbocycles. The highest BCUT2D eigenvalue weighted by Crippen LogP contribution is 2.49. The monoisotopic (exact) mass is 301 g/mol. The third-order valence-corrected chi connectivity index (χ3v) is 4.10. The van der Waals surface area contributed by atoms with E-state index in [4.69, 9.17) is 0 Å². The molecule has 0 radical (unpaired) electrons. The second-order valence-electron chi connectivity index (χ2n) is 5.79. The zero-order valence-electron chi connectivity index (χ0n) is 12.3. The van der Waals surface area contributed by atoms with Crippen molar-refractivity contribution in [3.8, 4) is 0 Å². The van der Waals surface area contributed by atoms with Crippen LogP contribution in [0.2, 0.25) is 0 Å². The van der Waals surface area contributed by atoms with E-state index in [2.05, 4.69) is 0 Å². The van der Waals surface area contributed by atoms with E-state index in [-0.39, 0.29) is 29.4 Å². The molecule has 2 aromatic rings. The Morgan fingerprint density at radius 2 is 1.95 bits per heavy atom. The predicted octanol–water partition coefficient (Wildman–Crippen LogP) is 3.73. The molecule has 1 fully saturated rings. The van der Waals surface area contributed by atoms with Gasteiger partial charge in [-0.2, -0.15) is 0 Å². The molecule has 22 heavy (non-hydrogen) atoms. The lowest BCUT2D eigenvalue weighted by Crippen LogP contribution is -2.28. The molecule has 1 aliphatic rings. The first-order valence-corrected chi connectivity index (χ1v) is 7.30. The number of carbonyl (C=O) groups is 1. The Morgan fingerprint density at radius 3 is 2.68 bits per heavy atom. The first-order chi connectivity index (χ1) is 10.6. The summed E-state index contributed by atoms with van der Waals surface area (Å²) in [5, 5.41) is 0. The van der Waals surface area contributed by atoms with Gasteiger partial charge in [0.25, 0.3) is 0 Å². The van der Waals surface area contributed by atoms with Crippen LogP contribution in [0.25, 0.3) is 0 Å². The van der Waals surface area contributed by atoms with E-state index >= 15 is 0 Å². The average molecular weight is 301 g/mol. The molecular formula is C18H17F2NO. The van der Waals surface area contributed by atoms with Crippen molar-refractivity contribution >= 4 is 5.91 Å². The molecule has 2 unspecified atom stereocenters. The van der Waals surface area contributed by atoms with Crippen LogP contribution >= 0.6 is 0 Å². The molecule has 1 aliphatic carbocycles. The lowest BCUT2D eigenvalue weighted by Gasteiger charge is -2.17. The van der Waals surface area contributed by atoms with Gasteiger partial charge in [-0.05, 0) is 41.7 Å². The summed E-state index contributed by atoms with van der Waals surface area (Å²) in [6, 6.07) is 12.8. The number of nitrogens with zero attached hydrogens (tertiary/aromatic N) is 1. The van der Waals surface area contributed by atoms with Crippen molar-refractivity contribution in [3.05, 3.63) is 71.3 Å². The number of amides is 1. The minimum absolute atomic E-state index is 0.0162. The fourth-order valence-corrected chi connectivity index (χ4v) is 2.86. The van der Waals surface area contributed by atoms with E-state index in [1.54, 1.807) is 42.3 Å². The van der Waals surface area contributed by atoms with Crippen LogP contribution in [-0.4, -0.2) is 17.9 Å². The zero-order valence-corrected chi connectivity index (χ0v) is 12.3. The maximum absolute atomic E-state index is 13.7. The average Bonchev–Trinajstić information content (AvgIpc) is 3.27. The van der Waals surface area contributed by atoms with Gasteiger partial charge in [0.15, 0.2) is 0 Å². The van der Waals surface area contributed by atoms with Crippen molar-refractivity contribution in [3.63, 3.8) is 0 Å². The number of halogens is 2. The fourth-order valence-electron chi connectivity index (χ4n) is 2.86. The topological polar surface area (TPSA) is 20.3 Å². The van der Waals surface area contributed by atoms with Crippen molar-refractivity contribution in [1.29, 1.82) is 0 Å². The molecule has 2 atom stereocenters. The number of carbonyl (C=O) groups excluding carboxylic acids is 1. The van der Waals surface area contributed by atoms with Crippen molar-refractivity contribution in [2.45, 2.75) is 18.9 Å². The fraction of sp³-hybridized carbons (Fsp3) is 0.278. The van der Waals surface area contributed by atoms with Gasteiger partial charge in [-0.15, -0.1) is 0 Å². The molecule has 2 nitrogen and oxygen atoms in total. The molecule has 4 heteroatoms. The van der Waals surface area contributed by atoms with E-state index in [9.17, 15) is 13.6 Å². The van der Waals surface area contributed by atoms with Gasteiger partial charge in [0.1, 0.15) is 11.6 Å². The van der Waals surface area contributed by atoms with Crippen LogP contribution < -0.4 is 0 Å². The molecule has 3 rings (SSSR count). The summed E-state index contributed by atoms with van der Waals surface area (Å²) in [6.07, 6.45) is 0.674. The number of hydrogen-bond donors (Lipinski definition) is 0. The molecule has 0 heterocycles. The van der Waals surface area contributed by atoms with Gasteiger partial charge in [-0.3, -0.25) is 4.79 Å². The van der Waals surface area contributed by atoms with Gasteiger partial charge in [-0.1, -0.05) is 30.3 Å². The summed E-state index contributed by atoms with van der Waals surface area (Å²) in [5.41, 5.74) is 1.36. The summed E-state index contributed by atoms with van der Waals surface area (Å²) in [5.74, 6) is -0.791. The Labute approximate surface area is 128 Å². The van der Waals surface area contributed by atoms with Crippen LogP contribution in [0.3, 0.4) is 0 Å². The van der Waals surface area contributed by atoms with E-state index in [0.29, 0.717) is 18.5 Å². The lowest BCUT2D eigenvalue weighted by atomic mass is 10.1. The quantitative estimate of drug-likeness (QED) is 0.842. The summed E-state index contributed by atoms with van der Waals surface area (Å²) < 4.78 is 26.9. The van der Waals surface area contributed by atoms with E-state index in [0.717, 1.165) is 5.56 Å². The molecule has 114 valence electrons. The Balaban J connectivity index is 1.64. The van der Waals surface area contributed by atoms with Crippen molar-refractivity contribution in [2.75, 3.05) is 7.05 Å². The molecule has 0 saturated heterocycles. The maximum Gasteiger partial charge on any atom is 0.226 e. The second kappa shape index (κ2) is 5.87. The number of benzene rings is 2. The molecule has 0 aromatic heterocycles. The van der Waals surface area contributed by atoms with Crippen molar-refractivity contribution < 1.29 is 13.6 Å². The largest absolute Gasteiger partial charge is 0.341 e. The summed E-state index contributed by atoms with van der Waals surface area (Å²) in [7, 11) is 1.70. The SMILES string of the molecule is CN(Cc1cccc(F)c1)C(=O)C1CC1c1ccccc1F. The number of hydrogen-bond acceptors (Lipinski definition) is 1. The van der Waals surface area contributed by atoms with Crippen LogP contribution in [0.5, 0.6) is 0 Å². The van der Waals surface area contributed by atoms with Gasteiger partial charge in [0, 0.05) is 19.5 Å². The first kappa shape index (κ1) is 14.7. The van der Waals surface area contributed by atoms with Crippen LogP contribution in [0.15, 0.2) is 48.5 Å². The molecule has 0 spiro atoms. The Morgan fingerprint density at radius 1 is 1.18 bits per heavy atom. The molecule has 0 N–H and O–H groups in total. The van der Waals surface area contributed by atoms with Crippen LogP contribution in [0.1, 0.15) is 23.5 Å². The van der Waals surface area contributed by atoms with E-state index in [1.807, 2.05) is 0 Å². The highest BCUT2D eigenvalue weighted by Gasteiger charge is 2.46. The first-order valence-electron chi connectivity index (χ1n) is 7.30. The summed E-state index contributed by atoms with van der Waals surface area (Å²) in [6.45, 7) is 0.358. The third-order valence-electron chi connectivity index (χ3n) is 4.10. The van der Waals surface area contributed by atoms with Gasteiger partial charge in [0.05, 0.1) is 0 Å². The van der Waals surface area contributed by atoms with Crippen LogP contribution in [0.4, 0.5) is 8.78 Å². The van der Waals surface area contributed by atoms with Gasteiger partial charge >= 0.3 is 0 Å². The normalized spacial score (nSPS) is 19.8. The minimum Gasteiger partial charge on any atom is -0.341 e. The van der Waals surface area contributed by atoms with E-state index in [1.165, 1.54) is 18.2 Å². The van der Waals surface area contributed by atoms with Crippen molar-refractivity contribution in [2.24, 2.45) is 5.92 Å². The molecular weight excluding hydrogens is 284 g/mol. The molecule has 1 amide bonds. The zero-order chi connectivity index (χ0) is 15.7. The van der Waals surface area contributed by atoms with E-state index < -0.39 is 0 Å². The summed E-state index contributed by atoms with van der Waals surface area (Å²) in [4.78, 5) is 14.0. The lowest BCUT2D eigenvalue weighted by molar-refractivity contribution is -0.131. The smallest absolute Gasteiger partial charge is 0.226 e. The van der Waals surface area contributed by atoms with Gasteiger partial charge in [0.2, 0.25) is 5.91 Å². The molecule has 1 saturated carbocycles. The molecule has 0 bridgehead atoms. The van der Waals surface area contributed by atoms with Crippen LogP contribution in [-0.2, 0) is 11.3 Å². The number of rotatable bonds is 4. The highest BCUT2D eigenvalue weighted by atomic mass is 19.1. The van der Waals surface area contributed by atoms with Crippen molar-refractivity contribution in [1.82, 2.24) is 4.90 Å². The standard InChI is InChI=1S/C18H17F2NO/c1-21(11-12-5-4-6-13(19)9-12)18(22)16-10-15(16)14-7-2-3-8-17(14)20/h2-9,15-16H,10-11H2,1H3.